The number of nitrogens with zero attached hydrogens (tertiary/aromatic N) is 3. The molecule has 0 unspecified atom stereocenters. The van der Waals surface area contributed by atoms with E-state index in [0.29, 0.717) is 18.8 Å². The van der Waals surface area contributed by atoms with Crippen molar-refractivity contribution >= 4 is 17.2 Å². The number of rotatable bonds is 4. The Balaban J connectivity index is 1.53. The lowest BCUT2D eigenvalue weighted by molar-refractivity contribution is -0.129. The van der Waals surface area contributed by atoms with E-state index in [1.54, 1.807) is 11.3 Å². The Bertz CT molecular complexity index is 598. The highest BCUT2D eigenvalue weighted by Gasteiger charge is 2.27. The molecule has 0 N–H and O–H groups in total. The third-order valence-electron chi connectivity index (χ3n) is 3.46. The molecule has 1 aliphatic heterocycles. The van der Waals surface area contributed by atoms with Crippen LogP contribution in [0.25, 0.3) is 0 Å². The van der Waals surface area contributed by atoms with Gasteiger partial charge in [-0.3, -0.25) is 4.79 Å². The minimum atomic E-state index is 0.00860. The smallest absolute Gasteiger partial charge is 0.233 e. The number of thiophene rings is 1. The number of ether oxygens (including phenoxy) is 1. The number of carbonyl (C=O) groups excluding carboxylic acids is 1. The van der Waals surface area contributed by atoms with Crippen LogP contribution in [0.3, 0.4) is 0 Å². The first-order chi connectivity index (χ1) is 10.2. The Hall–Kier alpha value is -1.95. The van der Waals surface area contributed by atoms with Gasteiger partial charge in [-0.05, 0) is 24.4 Å². The Labute approximate surface area is 127 Å². The summed E-state index contributed by atoms with van der Waals surface area (Å²) in [6, 6.07) is 7.66. The molecule has 0 bridgehead atoms. The van der Waals surface area contributed by atoms with Crippen molar-refractivity contribution in [2.45, 2.75) is 25.9 Å². The maximum Gasteiger partial charge on any atom is 0.233 e. The fourth-order valence-electron chi connectivity index (χ4n) is 2.35. The van der Waals surface area contributed by atoms with Crippen LogP contribution in [0, 0.1) is 6.92 Å². The minimum Gasteiger partial charge on any atom is -0.471 e. The van der Waals surface area contributed by atoms with Crippen molar-refractivity contribution in [2.75, 3.05) is 13.1 Å². The maximum absolute atomic E-state index is 12.2. The molecule has 0 aliphatic carbocycles. The molecule has 0 aromatic carbocycles. The molecule has 5 nitrogen and oxygen atoms in total. The van der Waals surface area contributed by atoms with Crippen LogP contribution >= 0.6 is 11.3 Å². The van der Waals surface area contributed by atoms with Crippen LogP contribution < -0.4 is 4.74 Å². The lowest BCUT2D eigenvalue weighted by Crippen LogP contribution is -2.32. The van der Waals surface area contributed by atoms with Crippen molar-refractivity contribution < 1.29 is 9.53 Å². The quantitative estimate of drug-likeness (QED) is 0.867. The SMILES string of the molecule is Cc1ccc(O[C@H]2CCN(C(=O)Cc3cccs3)C2)nn1. The molecule has 0 spiro atoms. The van der Waals surface area contributed by atoms with Gasteiger partial charge in [0.05, 0.1) is 18.7 Å². The lowest BCUT2D eigenvalue weighted by atomic mass is 10.3. The highest BCUT2D eigenvalue weighted by atomic mass is 32.1. The predicted molar refractivity (Wildman–Crippen MR) is 80.4 cm³/mol. The van der Waals surface area contributed by atoms with Crippen LogP contribution in [0.2, 0.25) is 0 Å². The van der Waals surface area contributed by atoms with Gasteiger partial charge in [-0.15, -0.1) is 16.4 Å². The van der Waals surface area contributed by atoms with Crippen LogP contribution in [0.1, 0.15) is 17.0 Å². The van der Waals surface area contributed by atoms with Crippen LogP contribution in [-0.2, 0) is 11.2 Å². The molecule has 2 aromatic rings. The molecule has 3 heterocycles. The zero-order chi connectivity index (χ0) is 14.7. The van der Waals surface area contributed by atoms with Crippen LogP contribution in [0.5, 0.6) is 5.88 Å². The molecule has 1 fully saturated rings. The van der Waals surface area contributed by atoms with Crippen LogP contribution in [0.15, 0.2) is 29.6 Å². The van der Waals surface area contributed by atoms with E-state index in [9.17, 15) is 4.79 Å². The number of carbonyl (C=O) groups is 1. The number of amides is 1. The molecule has 1 amide bonds. The van der Waals surface area contributed by atoms with Gasteiger partial charge in [0.1, 0.15) is 6.10 Å². The molecule has 3 rings (SSSR count). The second-order valence-corrected chi connectivity index (χ2v) is 6.17. The monoisotopic (exact) mass is 303 g/mol. The summed E-state index contributed by atoms with van der Waals surface area (Å²) < 4.78 is 5.78. The van der Waals surface area contributed by atoms with Gasteiger partial charge in [-0.2, -0.15) is 5.10 Å². The number of aromatic nitrogens is 2. The summed E-state index contributed by atoms with van der Waals surface area (Å²) in [5.41, 5.74) is 0.863. The summed E-state index contributed by atoms with van der Waals surface area (Å²) in [5, 5.41) is 9.96. The number of aryl methyl sites for hydroxylation is 1. The first-order valence-corrected chi connectivity index (χ1v) is 7.86. The van der Waals surface area contributed by atoms with Gasteiger partial charge in [0.2, 0.25) is 11.8 Å². The summed E-state index contributed by atoms with van der Waals surface area (Å²) in [7, 11) is 0. The Morgan fingerprint density at radius 1 is 1.43 bits per heavy atom. The molecule has 6 heteroatoms. The van der Waals surface area contributed by atoms with Crippen LogP contribution in [-0.4, -0.2) is 40.2 Å². The van der Waals surface area contributed by atoms with Gasteiger partial charge >= 0.3 is 0 Å². The Kier molecular flexibility index (Phi) is 4.15. The molecule has 1 saturated heterocycles. The Morgan fingerprint density at radius 2 is 2.33 bits per heavy atom. The zero-order valence-electron chi connectivity index (χ0n) is 11.9. The van der Waals surface area contributed by atoms with Crippen molar-refractivity contribution in [3.05, 3.63) is 40.2 Å². The van der Waals surface area contributed by atoms with E-state index >= 15 is 0 Å². The second kappa shape index (κ2) is 6.22. The molecule has 21 heavy (non-hydrogen) atoms. The van der Waals surface area contributed by atoms with Crippen molar-refractivity contribution in [3.63, 3.8) is 0 Å². The first-order valence-electron chi connectivity index (χ1n) is 6.98. The predicted octanol–water partition coefficient (Wildman–Crippen LogP) is 2.07. The fourth-order valence-corrected chi connectivity index (χ4v) is 3.04. The van der Waals surface area contributed by atoms with Gasteiger partial charge < -0.3 is 9.64 Å². The summed E-state index contributed by atoms with van der Waals surface area (Å²) in [4.78, 5) is 15.2. The van der Waals surface area contributed by atoms with Gasteiger partial charge in [0, 0.05) is 23.9 Å². The third kappa shape index (κ3) is 3.58. The minimum absolute atomic E-state index is 0.00860. The maximum atomic E-state index is 12.2. The Morgan fingerprint density at radius 3 is 3.05 bits per heavy atom. The molecule has 110 valence electrons. The first kappa shape index (κ1) is 14.0. The van der Waals surface area contributed by atoms with E-state index in [1.165, 1.54) is 0 Å². The molecule has 1 aliphatic rings. The summed E-state index contributed by atoms with van der Waals surface area (Å²) >= 11 is 1.62. The van der Waals surface area contributed by atoms with E-state index in [0.717, 1.165) is 23.5 Å². The fraction of sp³-hybridized carbons (Fsp3) is 0.400. The van der Waals surface area contributed by atoms with E-state index in [1.807, 2.05) is 41.5 Å². The summed E-state index contributed by atoms with van der Waals surface area (Å²) in [6.07, 6.45) is 1.33. The van der Waals surface area contributed by atoms with Gasteiger partial charge in [0.25, 0.3) is 0 Å². The topological polar surface area (TPSA) is 55.3 Å². The average Bonchev–Trinajstić information content (AvgIpc) is 3.13. The van der Waals surface area contributed by atoms with Crippen molar-refractivity contribution in [1.82, 2.24) is 15.1 Å². The van der Waals surface area contributed by atoms with Gasteiger partial charge in [-0.1, -0.05) is 6.07 Å². The largest absolute Gasteiger partial charge is 0.471 e. The molecule has 0 saturated carbocycles. The van der Waals surface area contributed by atoms with Gasteiger partial charge in [-0.25, -0.2) is 0 Å². The zero-order valence-corrected chi connectivity index (χ0v) is 12.7. The second-order valence-electron chi connectivity index (χ2n) is 5.14. The molecule has 0 radical (unpaired) electrons. The van der Waals surface area contributed by atoms with Crippen LogP contribution in [0.4, 0.5) is 0 Å². The number of hydrogen-bond donors (Lipinski definition) is 0. The summed E-state index contributed by atoms with van der Waals surface area (Å²) in [6.45, 7) is 3.26. The van der Waals surface area contributed by atoms with E-state index in [2.05, 4.69) is 10.2 Å². The van der Waals surface area contributed by atoms with Crippen molar-refractivity contribution in [3.8, 4) is 5.88 Å². The highest BCUT2D eigenvalue weighted by molar-refractivity contribution is 7.10. The number of likely N-dealkylation sites (tertiary alicyclic amines) is 1. The molecule has 1 atom stereocenters. The standard InChI is InChI=1S/C15H17N3O2S/c1-11-4-5-14(17-16-11)20-12-6-7-18(10-12)15(19)9-13-3-2-8-21-13/h2-5,8,12H,6-7,9-10H2,1H3/t12-/m0/s1. The van der Waals surface area contributed by atoms with E-state index in [4.69, 9.17) is 4.74 Å². The van der Waals surface area contributed by atoms with Crippen molar-refractivity contribution in [1.29, 1.82) is 0 Å². The van der Waals surface area contributed by atoms with E-state index < -0.39 is 0 Å². The van der Waals surface area contributed by atoms with Gasteiger partial charge in [0.15, 0.2) is 0 Å². The molecular weight excluding hydrogens is 286 g/mol. The molecule has 2 aromatic heterocycles. The highest BCUT2D eigenvalue weighted by Crippen LogP contribution is 2.18. The number of hydrogen-bond acceptors (Lipinski definition) is 5. The third-order valence-corrected chi connectivity index (χ3v) is 4.34. The van der Waals surface area contributed by atoms with E-state index in [-0.39, 0.29) is 12.0 Å². The van der Waals surface area contributed by atoms with Crippen molar-refractivity contribution in [2.24, 2.45) is 0 Å². The summed E-state index contributed by atoms with van der Waals surface area (Å²) in [5.74, 6) is 0.691. The molecular formula is C15H17N3O2S. The lowest BCUT2D eigenvalue weighted by Gasteiger charge is -2.16. The average molecular weight is 303 g/mol. The normalized spacial score (nSPS) is 18.0.